The van der Waals surface area contributed by atoms with Crippen molar-refractivity contribution < 1.29 is 17.9 Å². The Labute approximate surface area is 160 Å². The number of para-hydroxylation sites is 1. The van der Waals surface area contributed by atoms with Gasteiger partial charge in [-0.25, -0.2) is 8.42 Å². The Morgan fingerprint density at radius 2 is 1.63 bits per heavy atom. The molecule has 0 atom stereocenters. The van der Waals surface area contributed by atoms with Gasteiger partial charge in [-0.05, 0) is 30.3 Å². The number of anilines is 2. The highest BCUT2D eigenvalue weighted by Crippen LogP contribution is 2.21. The lowest BCUT2D eigenvalue weighted by molar-refractivity contribution is -0.119. The van der Waals surface area contributed by atoms with Crippen LogP contribution in [0, 0.1) is 0 Å². The van der Waals surface area contributed by atoms with Gasteiger partial charge < -0.3 is 15.0 Å². The highest BCUT2D eigenvalue weighted by molar-refractivity contribution is 7.92. The van der Waals surface area contributed by atoms with Crippen LogP contribution in [0.25, 0.3) is 0 Å². The van der Waals surface area contributed by atoms with E-state index >= 15 is 0 Å². The number of rotatable bonds is 8. The summed E-state index contributed by atoms with van der Waals surface area (Å²) in [6.07, 6.45) is 1.08. The van der Waals surface area contributed by atoms with Crippen molar-refractivity contribution in [1.29, 1.82) is 0 Å². The Kier molecular flexibility index (Phi) is 6.68. The van der Waals surface area contributed by atoms with E-state index in [1.165, 1.54) is 0 Å². The van der Waals surface area contributed by atoms with Crippen LogP contribution in [-0.4, -0.2) is 48.3 Å². The van der Waals surface area contributed by atoms with Gasteiger partial charge in [0.25, 0.3) is 0 Å². The lowest BCUT2D eigenvalue weighted by atomic mass is 10.2. The largest absolute Gasteiger partial charge is 0.496 e. The summed E-state index contributed by atoms with van der Waals surface area (Å²) in [5.41, 5.74) is 2.19. The van der Waals surface area contributed by atoms with Gasteiger partial charge in [-0.2, -0.15) is 0 Å². The van der Waals surface area contributed by atoms with E-state index < -0.39 is 15.9 Å². The van der Waals surface area contributed by atoms with Crippen LogP contribution >= 0.6 is 0 Å². The summed E-state index contributed by atoms with van der Waals surface area (Å²) in [5.74, 6) is 0.264. The van der Waals surface area contributed by atoms with Crippen molar-refractivity contribution in [3.05, 3.63) is 54.1 Å². The van der Waals surface area contributed by atoms with Crippen LogP contribution in [0.4, 0.5) is 11.4 Å². The highest BCUT2D eigenvalue weighted by Gasteiger charge is 2.21. The highest BCUT2D eigenvalue weighted by atomic mass is 32.2. The molecule has 0 heterocycles. The molecule has 0 bridgehead atoms. The van der Waals surface area contributed by atoms with Gasteiger partial charge in [-0.1, -0.05) is 18.2 Å². The second-order valence-corrected chi connectivity index (χ2v) is 8.18. The van der Waals surface area contributed by atoms with Gasteiger partial charge >= 0.3 is 0 Å². The normalized spacial score (nSPS) is 11.0. The number of carbonyl (C=O) groups excluding carboxylic acids is 1. The molecule has 0 fully saturated rings. The molecular weight excluding hydrogens is 366 g/mol. The fraction of sp³-hybridized carbons (Fsp3) is 0.316. The van der Waals surface area contributed by atoms with Crippen molar-refractivity contribution in [3.63, 3.8) is 0 Å². The molecule has 0 radical (unpaired) electrons. The fourth-order valence-electron chi connectivity index (χ4n) is 2.55. The molecule has 0 unspecified atom stereocenters. The number of methoxy groups -OCH3 is 1. The van der Waals surface area contributed by atoms with E-state index in [-0.39, 0.29) is 13.1 Å². The maximum Gasteiger partial charge on any atom is 0.241 e. The maximum absolute atomic E-state index is 12.4. The number of hydrogen-bond acceptors (Lipinski definition) is 5. The smallest absolute Gasteiger partial charge is 0.241 e. The van der Waals surface area contributed by atoms with Gasteiger partial charge in [0.2, 0.25) is 15.9 Å². The SMILES string of the molecule is COc1ccccc1CNC(=O)CN(c1ccc(N(C)C)cc1)S(C)(=O)=O. The maximum atomic E-state index is 12.4. The molecule has 0 saturated heterocycles. The number of nitrogens with zero attached hydrogens (tertiary/aromatic N) is 2. The topological polar surface area (TPSA) is 79.0 Å². The summed E-state index contributed by atoms with van der Waals surface area (Å²) in [7, 11) is 1.75. The molecule has 0 aliphatic rings. The summed E-state index contributed by atoms with van der Waals surface area (Å²) in [6.45, 7) is -0.0463. The zero-order valence-electron chi connectivity index (χ0n) is 16.0. The molecule has 7 nitrogen and oxygen atoms in total. The third-order valence-electron chi connectivity index (χ3n) is 4.01. The monoisotopic (exact) mass is 391 g/mol. The van der Waals surface area contributed by atoms with Gasteiger partial charge in [0.1, 0.15) is 12.3 Å². The molecule has 2 aromatic rings. The number of carbonyl (C=O) groups is 1. The molecule has 0 aliphatic heterocycles. The molecule has 0 saturated carbocycles. The summed E-state index contributed by atoms with van der Waals surface area (Å²) >= 11 is 0. The number of amides is 1. The van der Waals surface area contributed by atoms with Crippen molar-refractivity contribution in [1.82, 2.24) is 5.32 Å². The first kappa shape index (κ1) is 20.6. The first-order valence-electron chi connectivity index (χ1n) is 8.36. The van der Waals surface area contributed by atoms with Gasteiger partial charge in [0.15, 0.2) is 0 Å². The molecule has 2 aromatic carbocycles. The van der Waals surface area contributed by atoms with Crippen LogP contribution in [0.3, 0.4) is 0 Å². The average molecular weight is 391 g/mol. The number of ether oxygens (including phenoxy) is 1. The molecule has 0 aromatic heterocycles. The van der Waals surface area contributed by atoms with E-state index in [4.69, 9.17) is 4.74 Å². The number of hydrogen-bond donors (Lipinski definition) is 1. The molecule has 0 aliphatic carbocycles. The summed E-state index contributed by atoms with van der Waals surface area (Å²) < 4.78 is 30.7. The van der Waals surface area contributed by atoms with Crippen molar-refractivity contribution in [2.75, 3.05) is 43.2 Å². The quantitative estimate of drug-likeness (QED) is 0.743. The average Bonchev–Trinajstić information content (AvgIpc) is 2.63. The second-order valence-electron chi connectivity index (χ2n) is 6.27. The molecule has 0 spiro atoms. The predicted molar refractivity (Wildman–Crippen MR) is 108 cm³/mol. The third kappa shape index (κ3) is 5.62. The van der Waals surface area contributed by atoms with Gasteiger partial charge in [0.05, 0.1) is 19.1 Å². The Balaban J connectivity index is 2.11. The number of sulfonamides is 1. The second kappa shape index (κ2) is 8.77. The molecule has 2 rings (SSSR count). The van der Waals surface area contributed by atoms with Crippen LogP contribution in [0.1, 0.15) is 5.56 Å². The van der Waals surface area contributed by atoms with Crippen molar-refractivity contribution in [2.24, 2.45) is 0 Å². The molecule has 1 amide bonds. The minimum Gasteiger partial charge on any atom is -0.496 e. The molecule has 8 heteroatoms. The number of nitrogens with one attached hydrogen (secondary N) is 1. The zero-order valence-corrected chi connectivity index (χ0v) is 16.8. The molecular formula is C19H25N3O4S. The third-order valence-corrected chi connectivity index (χ3v) is 5.15. The van der Waals surface area contributed by atoms with Crippen LogP contribution in [0.2, 0.25) is 0 Å². The molecule has 27 heavy (non-hydrogen) atoms. The van der Waals surface area contributed by atoms with Crippen LogP contribution in [0.5, 0.6) is 5.75 Å². The van der Waals surface area contributed by atoms with E-state index in [2.05, 4.69) is 5.32 Å². The lowest BCUT2D eigenvalue weighted by Crippen LogP contribution is -2.40. The first-order valence-corrected chi connectivity index (χ1v) is 10.2. The van der Waals surface area contributed by atoms with E-state index in [0.29, 0.717) is 11.4 Å². The summed E-state index contributed by atoms with van der Waals surface area (Å²) in [4.78, 5) is 14.3. The Morgan fingerprint density at radius 3 is 2.19 bits per heavy atom. The van der Waals surface area contributed by atoms with Gasteiger partial charge in [-0.3, -0.25) is 9.10 Å². The van der Waals surface area contributed by atoms with Gasteiger partial charge in [-0.15, -0.1) is 0 Å². The predicted octanol–water partition coefficient (Wildman–Crippen LogP) is 1.84. The minimum atomic E-state index is -3.61. The van der Waals surface area contributed by atoms with E-state index in [9.17, 15) is 13.2 Å². The van der Waals surface area contributed by atoms with Crippen LogP contribution < -0.4 is 19.3 Å². The van der Waals surface area contributed by atoms with Crippen molar-refractivity contribution in [2.45, 2.75) is 6.54 Å². The van der Waals surface area contributed by atoms with Crippen molar-refractivity contribution >= 4 is 27.3 Å². The zero-order chi connectivity index (χ0) is 20.0. The minimum absolute atomic E-state index is 0.250. The van der Waals surface area contributed by atoms with E-state index in [1.54, 1.807) is 37.4 Å². The Bertz CT molecular complexity index is 880. The van der Waals surface area contributed by atoms with Gasteiger partial charge in [0, 0.05) is 31.9 Å². The standard InChI is InChI=1S/C19H25N3O4S/c1-21(2)16-9-11-17(12-10-16)22(27(4,24)25)14-19(23)20-13-15-7-5-6-8-18(15)26-3/h5-12H,13-14H2,1-4H3,(H,20,23). The molecule has 1 N–H and O–H groups in total. The first-order chi connectivity index (χ1) is 12.7. The van der Waals surface area contributed by atoms with Crippen LogP contribution in [-0.2, 0) is 21.4 Å². The molecule has 146 valence electrons. The van der Waals surface area contributed by atoms with E-state index in [1.807, 2.05) is 37.2 Å². The Morgan fingerprint density at radius 1 is 1.04 bits per heavy atom. The lowest BCUT2D eigenvalue weighted by Gasteiger charge is -2.23. The Hall–Kier alpha value is -2.74. The van der Waals surface area contributed by atoms with Crippen molar-refractivity contribution in [3.8, 4) is 5.75 Å². The van der Waals surface area contributed by atoms with E-state index in [0.717, 1.165) is 21.8 Å². The van der Waals surface area contributed by atoms with Crippen LogP contribution in [0.15, 0.2) is 48.5 Å². The summed E-state index contributed by atoms with van der Waals surface area (Å²) in [6, 6.07) is 14.3. The number of benzene rings is 2. The fourth-order valence-corrected chi connectivity index (χ4v) is 3.40. The summed E-state index contributed by atoms with van der Waals surface area (Å²) in [5, 5.41) is 2.74.